The van der Waals surface area contributed by atoms with Gasteiger partial charge in [0.1, 0.15) is 0 Å². The van der Waals surface area contributed by atoms with Crippen LogP contribution in [0.25, 0.3) is 0 Å². The molecule has 1 atom stereocenters. The van der Waals surface area contributed by atoms with Crippen LogP contribution in [0.3, 0.4) is 0 Å². The first kappa shape index (κ1) is 15.9. The molecule has 1 heterocycles. The fraction of sp³-hybridized carbons (Fsp3) is 1.00. The average molecular weight is 258 g/mol. The first-order valence-corrected chi connectivity index (χ1v) is 7.22. The Labute approximate surface area is 112 Å². The second-order valence-corrected chi connectivity index (χ2v) is 5.80. The van der Waals surface area contributed by atoms with Crippen molar-refractivity contribution in [1.82, 2.24) is 10.2 Å². The van der Waals surface area contributed by atoms with Gasteiger partial charge in [-0.1, -0.05) is 27.7 Å². The summed E-state index contributed by atoms with van der Waals surface area (Å²) in [6, 6.07) is 1.02. The number of hydrogen-bond acceptors (Lipinski definition) is 4. The van der Waals surface area contributed by atoms with Crippen molar-refractivity contribution in [2.24, 2.45) is 5.92 Å². The molecule has 1 rings (SSSR count). The molecule has 1 fully saturated rings. The molecule has 0 spiro atoms. The SMILES string of the molecule is CC(C)COCCN1CCOCC1CNC(C)C. The molecule has 4 heteroatoms. The second kappa shape index (κ2) is 8.86. The summed E-state index contributed by atoms with van der Waals surface area (Å²) in [4.78, 5) is 2.49. The van der Waals surface area contributed by atoms with Crippen LogP contribution in [0.4, 0.5) is 0 Å². The summed E-state index contributed by atoms with van der Waals surface area (Å²) in [7, 11) is 0. The van der Waals surface area contributed by atoms with Gasteiger partial charge in [0, 0.05) is 38.3 Å². The van der Waals surface area contributed by atoms with E-state index >= 15 is 0 Å². The van der Waals surface area contributed by atoms with E-state index in [0.717, 1.165) is 46.1 Å². The Morgan fingerprint density at radius 2 is 2.11 bits per heavy atom. The molecular weight excluding hydrogens is 228 g/mol. The van der Waals surface area contributed by atoms with E-state index in [0.29, 0.717) is 18.0 Å². The van der Waals surface area contributed by atoms with Gasteiger partial charge in [-0.2, -0.15) is 0 Å². The van der Waals surface area contributed by atoms with Crippen molar-refractivity contribution in [3.63, 3.8) is 0 Å². The van der Waals surface area contributed by atoms with E-state index in [1.54, 1.807) is 0 Å². The van der Waals surface area contributed by atoms with Gasteiger partial charge in [0.05, 0.1) is 19.8 Å². The molecule has 0 radical (unpaired) electrons. The minimum atomic E-state index is 0.490. The molecule has 0 bridgehead atoms. The second-order valence-electron chi connectivity index (χ2n) is 5.80. The third kappa shape index (κ3) is 6.69. The molecule has 4 nitrogen and oxygen atoms in total. The van der Waals surface area contributed by atoms with Crippen LogP contribution in [0.15, 0.2) is 0 Å². The third-order valence-corrected chi connectivity index (χ3v) is 3.09. The predicted molar refractivity (Wildman–Crippen MR) is 75.0 cm³/mol. The average Bonchev–Trinajstić information content (AvgIpc) is 2.33. The monoisotopic (exact) mass is 258 g/mol. The Hall–Kier alpha value is -0.160. The van der Waals surface area contributed by atoms with Crippen LogP contribution in [0, 0.1) is 5.92 Å². The smallest absolute Gasteiger partial charge is 0.0634 e. The number of nitrogens with zero attached hydrogens (tertiary/aromatic N) is 1. The molecule has 0 aromatic rings. The standard InChI is InChI=1S/C14H30N2O2/c1-12(2)10-17-7-5-16-6-8-18-11-14(16)9-15-13(3)4/h12-15H,5-11H2,1-4H3. The zero-order valence-electron chi connectivity index (χ0n) is 12.4. The number of rotatable bonds is 8. The van der Waals surface area contributed by atoms with Gasteiger partial charge < -0.3 is 14.8 Å². The van der Waals surface area contributed by atoms with E-state index in [-0.39, 0.29) is 0 Å². The highest BCUT2D eigenvalue weighted by Gasteiger charge is 2.22. The fourth-order valence-corrected chi connectivity index (χ4v) is 2.04. The van der Waals surface area contributed by atoms with Crippen LogP contribution in [-0.2, 0) is 9.47 Å². The predicted octanol–water partition coefficient (Wildman–Crippen LogP) is 1.36. The number of hydrogen-bond donors (Lipinski definition) is 1. The van der Waals surface area contributed by atoms with Crippen LogP contribution in [0.1, 0.15) is 27.7 Å². The zero-order chi connectivity index (χ0) is 13.4. The summed E-state index contributed by atoms with van der Waals surface area (Å²) in [6.07, 6.45) is 0. The maximum Gasteiger partial charge on any atom is 0.0634 e. The Balaban J connectivity index is 2.21. The van der Waals surface area contributed by atoms with E-state index in [1.807, 2.05) is 0 Å². The first-order valence-electron chi connectivity index (χ1n) is 7.22. The number of ether oxygens (including phenoxy) is 2. The van der Waals surface area contributed by atoms with Gasteiger partial charge in [0.15, 0.2) is 0 Å². The summed E-state index contributed by atoms with van der Waals surface area (Å²) in [5.41, 5.74) is 0. The van der Waals surface area contributed by atoms with Crippen LogP contribution >= 0.6 is 0 Å². The highest BCUT2D eigenvalue weighted by Crippen LogP contribution is 2.06. The van der Waals surface area contributed by atoms with Crippen molar-refractivity contribution in [3.05, 3.63) is 0 Å². The lowest BCUT2D eigenvalue weighted by atomic mass is 10.2. The molecule has 108 valence electrons. The molecule has 0 aromatic carbocycles. The van der Waals surface area contributed by atoms with Gasteiger partial charge in [0.25, 0.3) is 0 Å². The van der Waals surface area contributed by atoms with E-state index in [4.69, 9.17) is 9.47 Å². The van der Waals surface area contributed by atoms with Gasteiger partial charge in [-0.3, -0.25) is 4.90 Å². The lowest BCUT2D eigenvalue weighted by Gasteiger charge is -2.36. The first-order chi connectivity index (χ1) is 8.59. The summed E-state index contributed by atoms with van der Waals surface area (Å²) < 4.78 is 11.2. The Bertz CT molecular complexity index is 210. The minimum absolute atomic E-state index is 0.490. The number of nitrogens with one attached hydrogen (secondary N) is 1. The quantitative estimate of drug-likeness (QED) is 0.667. The molecule has 0 saturated carbocycles. The van der Waals surface area contributed by atoms with E-state index < -0.39 is 0 Å². The molecule has 0 aromatic heterocycles. The van der Waals surface area contributed by atoms with Gasteiger partial charge in [-0.15, -0.1) is 0 Å². The van der Waals surface area contributed by atoms with Crippen molar-refractivity contribution < 1.29 is 9.47 Å². The highest BCUT2D eigenvalue weighted by molar-refractivity contribution is 4.78. The van der Waals surface area contributed by atoms with E-state index in [9.17, 15) is 0 Å². The van der Waals surface area contributed by atoms with Gasteiger partial charge in [0.2, 0.25) is 0 Å². The lowest BCUT2D eigenvalue weighted by Crippen LogP contribution is -2.52. The van der Waals surface area contributed by atoms with Crippen molar-refractivity contribution in [1.29, 1.82) is 0 Å². The van der Waals surface area contributed by atoms with E-state index in [2.05, 4.69) is 37.9 Å². The van der Waals surface area contributed by atoms with Crippen LogP contribution in [-0.4, -0.2) is 63.0 Å². The molecule has 1 unspecified atom stereocenters. The lowest BCUT2D eigenvalue weighted by molar-refractivity contribution is -0.0217. The molecule has 1 N–H and O–H groups in total. The fourth-order valence-electron chi connectivity index (χ4n) is 2.04. The summed E-state index contributed by atoms with van der Waals surface area (Å²) >= 11 is 0. The van der Waals surface area contributed by atoms with E-state index in [1.165, 1.54) is 0 Å². The Morgan fingerprint density at radius 3 is 2.78 bits per heavy atom. The molecular formula is C14H30N2O2. The number of morpholine rings is 1. The summed E-state index contributed by atoms with van der Waals surface area (Å²) in [6.45, 7) is 15.1. The van der Waals surface area contributed by atoms with Gasteiger partial charge >= 0.3 is 0 Å². The topological polar surface area (TPSA) is 33.7 Å². The molecule has 1 aliphatic rings. The largest absolute Gasteiger partial charge is 0.380 e. The summed E-state index contributed by atoms with van der Waals surface area (Å²) in [5.74, 6) is 0.619. The highest BCUT2D eigenvalue weighted by atomic mass is 16.5. The van der Waals surface area contributed by atoms with Crippen LogP contribution < -0.4 is 5.32 Å². The van der Waals surface area contributed by atoms with Crippen molar-refractivity contribution in [3.8, 4) is 0 Å². The van der Waals surface area contributed by atoms with Gasteiger partial charge in [-0.05, 0) is 5.92 Å². The third-order valence-electron chi connectivity index (χ3n) is 3.09. The molecule has 0 aliphatic carbocycles. The molecule has 18 heavy (non-hydrogen) atoms. The van der Waals surface area contributed by atoms with Crippen molar-refractivity contribution >= 4 is 0 Å². The Morgan fingerprint density at radius 1 is 1.33 bits per heavy atom. The van der Waals surface area contributed by atoms with Crippen LogP contribution in [0.5, 0.6) is 0 Å². The van der Waals surface area contributed by atoms with Crippen molar-refractivity contribution in [2.75, 3.05) is 46.1 Å². The maximum atomic E-state index is 5.67. The molecule has 0 amide bonds. The Kier molecular flexibility index (Phi) is 7.82. The molecule has 1 saturated heterocycles. The van der Waals surface area contributed by atoms with Crippen LogP contribution in [0.2, 0.25) is 0 Å². The van der Waals surface area contributed by atoms with Crippen molar-refractivity contribution in [2.45, 2.75) is 39.8 Å². The molecule has 1 aliphatic heterocycles. The van der Waals surface area contributed by atoms with Gasteiger partial charge in [-0.25, -0.2) is 0 Å². The zero-order valence-corrected chi connectivity index (χ0v) is 12.4. The summed E-state index contributed by atoms with van der Waals surface area (Å²) in [5, 5.41) is 3.49. The normalized spacial score (nSPS) is 22.0. The maximum absolute atomic E-state index is 5.67. The minimum Gasteiger partial charge on any atom is -0.380 e.